The molecule has 24 heavy (non-hydrogen) atoms. The smallest absolute Gasteiger partial charge is 0.409 e. The van der Waals surface area contributed by atoms with Crippen LogP contribution in [0.1, 0.15) is 45.4 Å². The van der Waals surface area contributed by atoms with Gasteiger partial charge in [0.15, 0.2) is 0 Å². The number of carbonyl (C=O) groups excluding carboxylic acids is 1. The summed E-state index contributed by atoms with van der Waals surface area (Å²) in [6.45, 7) is 3.66. The maximum Gasteiger partial charge on any atom is 0.409 e. The third-order valence-electron chi connectivity index (χ3n) is 4.72. The number of nitrogens with one attached hydrogen (secondary N) is 2. The first-order valence-electron chi connectivity index (χ1n) is 9.02. The highest BCUT2D eigenvalue weighted by molar-refractivity contribution is 5.67. The number of carbonyl (C=O) groups is 1. The normalized spacial score (nSPS) is 19.3. The summed E-state index contributed by atoms with van der Waals surface area (Å²) >= 11 is 0. The fraction of sp³-hybridized carbons (Fsp3) is 0.706. The Balaban J connectivity index is 1.49. The van der Waals surface area contributed by atoms with Gasteiger partial charge in [-0.25, -0.2) is 9.78 Å². The molecule has 0 spiro atoms. The summed E-state index contributed by atoms with van der Waals surface area (Å²) < 4.78 is 5.05. The molecule has 1 aliphatic heterocycles. The Hall–Kier alpha value is -2.05. The fourth-order valence-electron chi connectivity index (χ4n) is 3.39. The third-order valence-corrected chi connectivity index (χ3v) is 4.72. The predicted octanol–water partition coefficient (Wildman–Crippen LogP) is 2.86. The summed E-state index contributed by atoms with van der Waals surface area (Å²) in [6, 6.07) is 2.75. The van der Waals surface area contributed by atoms with Crippen molar-refractivity contribution in [3.8, 4) is 0 Å². The number of rotatable bonds is 5. The number of nitrogens with zero attached hydrogens (tertiary/aromatic N) is 3. The Morgan fingerprint density at radius 1 is 1.21 bits per heavy atom. The quantitative estimate of drug-likeness (QED) is 0.862. The topological polar surface area (TPSA) is 79.4 Å². The molecule has 0 aromatic carbocycles. The van der Waals surface area contributed by atoms with E-state index in [0.717, 1.165) is 18.7 Å². The van der Waals surface area contributed by atoms with Gasteiger partial charge in [0.1, 0.15) is 5.82 Å². The van der Waals surface area contributed by atoms with Crippen LogP contribution in [0.2, 0.25) is 0 Å². The minimum absolute atomic E-state index is 0.213. The molecule has 0 atom stereocenters. The van der Waals surface area contributed by atoms with Gasteiger partial charge in [-0.2, -0.15) is 4.98 Å². The summed E-state index contributed by atoms with van der Waals surface area (Å²) in [7, 11) is 0. The largest absolute Gasteiger partial charge is 0.450 e. The van der Waals surface area contributed by atoms with Crippen LogP contribution >= 0.6 is 0 Å². The van der Waals surface area contributed by atoms with E-state index in [-0.39, 0.29) is 12.1 Å². The molecule has 2 fully saturated rings. The van der Waals surface area contributed by atoms with Gasteiger partial charge in [-0.05, 0) is 38.7 Å². The maximum absolute atomic E-state index is 11.7. The zero-order valence-corrected chi connectivity index (χ0v) is 14.3. The molecule has 132 valence electrons. The number of hydrogen-bond acceptors (Lipinski definition) is 6. The van der Waals surface area contributed by atoms with Crippen molar-refractivity contribution in [3.05, 3.63) is 12.3 Å². The highest BCUT2D eigenvalue weighted by Gasteiger charge is 2.24. The average Bonchev–Trinajstić information content (AvgIpc) is 3.09. The first-order valence-corrected chi connectivity index (χ1v) is 9.02. The van der Waals surface area contributed by atoms with Crippen molar-refractivity contribution in [3.63, 3.8) is 0 Å². The van der Waals surface area contributed by atoms with Crippen LogP contribution in [0.4, 0.5) is 16.6 Å². The Morgan fingerprint density at radius 2 is 1.92 bits per heavy atom. The molecule has 0 unspecified atom stereocenters. The van der Waals surface area contributed by atoms with E-state index in [1.807, 2.05) is 13.0 Å². The lowest BCUT2D eigenvalue weighted by Crippen LogP contribution is -2.42. The number of amides is 1. The second-order valence-electron chi connectivity index (χ2n) is 6.50. The van der Waals surface area contributed by atoms with E-state index in [9.17, 15) is 4.79 Å². The molecule has 2 aliphatic rings. The first kappa shape index (κ1) is 16.8. The van der Waals surface area contributed by atoms with Crippen LogP contribution in [0.15, 0.2) is 12.3 Å². The minimum atomic E-state index is -0.213. The molecule has 1 aliphatic carbocycles. The lowest BCUT2D eigenvalue weighted by Gasteiger charge is -2.31. The van der Waals surface area contributed by atoms with E-state index in [0.29, 0.717) is 31.7 Å². The van der Waals surface area contributed by atoms with Crippen LogP contribution in [0.5, 0.6) is 0 Å². The average molecular weight is 333 g/mol. The Bertz CT molecular complexity index is 540. The number of ether oxygens (including phenoxy) is 1. The van der Waals surface area contributed by atoms with Crippen molar-refractivity contribution in [1.29, 1.82) is 0 Å². The van der Waals surface area contributed by atoms with E-state index >= 15 is 0 Å². The van der Waals surface area contributed by atoms with Crippen molar-refractivity contribution in [2.45, 2.75) is 57.5 Å². The lowest BCUT2D eigenvalue weighted by atomic mass is 10.1. The molecule has 7 heteroatoms. The van der Waals surface area contributed by atoms with Gasteiger partial charge < -0.3 is 20.3 Å². The lowest BCUT2D eigenvalue weighted by molar-refractivity contribution is 0.0983. The van der Waals surface area contributed by atoms with Gasteiger partial charge in [0.2, 0.25) is 5.95 Å². The van der Waals surface area contributed by atoms with Crippen molar-refractivity contribution >= 4 is 17.9 Å². The van der Waals surface area contributed by atoms with Crippen LogP contribution in [-0.4, -0.2) is 52.7 Å². The van der Waals surface area contributed by atoms with Crippen molar-refractivity contribution in [1.82, 2.24) is 14.9 Å². The Morgan fingerprint density at radius 3 is 2.62 bits per heavy atom. The molecule has 1 saturated carbocycles. The van der Waals surface area contributed by atoms with E-state index in [1.54, 1.807) is 11.1 Å². The summed E-state index contributed by atoms with van der Waals surface area (Å²) in [5.41, 5.74) is 0. The van der Waals surface area contributed by atoms with Crippen molar-refractivity contribution in [2.75, 3.05) is 30.3 Å². The molecular weight excluding hydrogens is 306 g/mol. The monoisotopic (exact) mass is 333 g/mol. The minimum Gasteiger partial charge on any atom is -0.450 e. The standard InChI is InChI=1S/C17H27N5O2/c1-2-24-17(23)22-11-8-14(9-12-22)20-16-18-10-7-15(21-16)19-13-5-3-4-6-13/h7,10,13-14H,2-6,8-9,11-12H2,1H3,(H2,18,19,20,21). The summed E-state index contributed by atoms with van der Waals surface area (Å²) in [5.74, 6) is 1.55. The molecule has 2 N–H and O–H groups in total. The number of anilines is 2. The molecule has 7 nitrogen and oxygen atoms in total. The number of hydrogen-bond donors (Lipinski definition) is 2. The van der Waals surface area contributed by atoms with E-state index in [4.69, 9.17) is 4.74 Å². The van der Waals surface area contributed by atoms with E-state index in [1.165, 1.54) is 25.7 Å². The molecular formula is C17H27N5O2. The maximum atomic E-state index is 11.7. The fourth-order valence-corrected chi connectivity index (χ4v) is 3.39. The Labute approximate surface area is 143 Å². The van der Waals surface area contributed by atoms with E-state index < -0.39 is 0 Å². The molecule has 1 saturated heterocycles. The molecule has 0 bridgehead atoms. The predicted molar refractivity (Wildman–Crippen MR) is 93.2 cm³/mol. The van der Waals surface area contributed by atoms with E-state index in [2.05, 4.69) is 20.6 Å². The van der Waals surface area contributed by atoms with Crippen LogP contribution in [0.25, 0.3) is 0 Å². The van der Waals surface area contributed by atoms with Gasteiger partial charge in [-0.15, -0.1) is 0 Å². The van der Waals surface area contributed by atoms with Crippen molar-refractivity contribution in [2.24, 2.45) is 0 Å². The van der Waals surface area contributed by atoms with Crippen LogP contribution < -0.4 is 10.6 Å². The number of likely N-dealkylation sites (tertiary alicyclic amines) is 1. The molecule has 0 radical (unpaired) electrons. The molecule has 2 heterocycles. The number of aromatic nitrogens is 2. The highest BCUT2D eigenvalue weighted by atomic mass is 16.6. The Kier molecular flexibility index (Phi) is 5.72. The van der Waals surface area contributed by atoms with Crippen LogP contribution in [0.3, 0.4) is 0 Å². The number of piperidine rings is 1. The summed E-state index contributed by atoms with van der Waals surface area (Å²) in [6.07, 6.45) is 8.37. The molecule has 1 amide bonds. The third kappa shape index (κ3) is 4.49. The summed E-state index contributed by atoms with van der Waals surface area (Å²) in [5, 5.41) is 6.89. The van der Waals surface area contributed by atoms with Crippen LogP contribution in [-0.2, 0) is 4.74 Å². The van der Waals surface area contributed by atoms with Gasteiger partial charge >= 0.3 is 6.09 Å². The SMILES string of the molecule is CCOC(=O)N1CCC(Nc2nccc(NC3CCCC3)n2)CC1. The molecule has 1 aromatic heterocycles. The zero-order valence-electron chi connectivity index (χ0n) is 14.3. The van der Waals surface area contributed by atoms with Gasteiger partial charge in [-0.1, -0.05) is 12.8 Å². The van der Waals surface area contributed by atoms with Gasteiger partial charge in [0.05, 0.1) is 6.61 Å². The summed E-state index contributed by atoms with van der Waals surface area (Å²) in [4.78, 5) is 22.4. The zero-order chi connectivity index (χ0) is 16.8. The second-order valence-corrected chi connectivity index (χ2v) is 6.50. The second kappa shape index (κ2) is 8.17. The van der Waals surface area contributed by atoms with Crippen LogP contribution in [0, 0.1) is 0 Å². The molecule has 3 rings (SSSR count). The highest BCUT2D eigenvalue weighted by Crippen LogP contribution is 2.22. The van der Waals surface area contributed by atoms with Gasteiger partial charge in [0.25, 0.3) is 0 Å². The van der Waals surface area contributed by atoms with Gasteiger partial charge in [0, 0.05) is 31.4 Å². The molecule has 1 aromatic rings. The van der Waals surface area contributed by atoms with Gasteiger partial charge in [-0.3, -0.25) is 0 Å². The van der Waals surface area contributed by atoms with Crippen molar-refractivity contribution < 1.29 is 9.53 Å². The first-order chi connectivity index (χ1) is 11.7.